The van der Waals surface area contributed by atoms with E-state index in [2.05, 4.69) is 20.6 Å². The monoisotopic (exact) mass is 334 g/mol. The van der Waals surface area contributed by atoms with Crippen molar-refractivity contribution in [2.75, 3.05) is 40.5 Å². The highest BCUT2D eigenvalue weighted by Gasteiger charge is 2.33. The van der Waals surface area contributed by atoms with Crippen LogP contribution in [0.4, 0.5) is 0 Å². The molecule has 0 unspecified atom stereocenters. The van der Waals surface area contributed by atoms with Crippen LogP contribution >= 0.6 is 0 Å². The van der Waals surface area contributed by atoms with Crippen LogP contribution < -0.4 is 15.4 Å². The van der Waals surface area contributed by atoms with Gasteiger partial charge in [-0.25, -0.2) is 0 Å². The molecule has 0 aromatic carbocycles. The number of ether oxygens (including phenoxy) is 2. The lowest BCUT2D eigenvalue weighted by Crippen LogP contribution is -2.44. The van der Waals surface area contributed by atoms with Gasteiger partial charge in [-0.1, -0.05) is 12.8 Å². The molecular weight excluding hydrogens is 304 g/mol. The smallest absolute Gasteiger partial charge is 0.191 e. The molecule has 1 aliphatic rings. The first-order valence-electron chi connectivity index (χ1n) is 8.74. The van der Waals surface area contributed by atoms with Crippen LogP contribution in [0.2, 0.25) is 0 Å². The third kappa shape index (κ3) is 6.00. The number of aromatic nitrogens is 1. The largest absolute Gasteiger partial charge is 0.490 e. The van der Waals surface area contributed by atoms with E-state index in [-0.39, 0.29) is 0 Å². The van der Waals surface area contributed by atoms with E-state index < -0.39 is 0 Å². The van der Waals surface area contributed by atoms with Crippen molar-refractivity contribution in [3.05, 3.63) is 24.5 Å². The lowest BCUT2D eigenvalue weighted by Gasteiger charge is -2.29. The fourth-order valence-corrected chi connectivity index (χ4v) is 3.22. The molecule has 1 aliphatic carbocycles. The van der Waals surface area contributed by atoms with Gasteiger partial charge in [0.05, 0.1) is 12.7 Å². The average molecular weight is 334 g/mol. The first-order valence-corrected chi connectivity index (χ1v) is 8.74. The van der Waals surface area contributed by atoms with Gasteiger partial charge < -0.3 is 20.1 Å². The normalized spacial score (nSPS) is 16.8. The molecule has 2 N–H and O–H groups in total. The fraction of sp³-hybridized carbons (Fsp3) is 0.667. The maximum absolute atomic E-state index is 5.63. The summed E-state index contributed by atoms with van der Waals surface area (Å²) in [5.41, 5.74) is 0.347. The first-order chi connectivity index (χ1) is 11.8. The SMILES string of the molecule is CN=C(NCCOc1cccnc1)NCC1(CCOC)CCCC1. The van der Waals surface area contributed by atoms with Gasteiger partial charge >= 0.3 is 0 Å². The Kier molecular flexibility index (Phi) is 7.82. The molecule has 1 heterocycles. The maximum atomic E-state index is 5.63. The number of hydrogen-bond donors (Lipinski definition) is 2. The Bertz CT molecular complexity index is 487. The van der Waals surface area contributed by atoms with Gasteiger partial charge in [0.1, 0.15) is 12.4 Å². The summed E-state index contributed by atoms with van der Waals surface area (Å²) in [6, 6.07) is 3.77. The lowest BCUT2D eigenvalue weighted by atomic mass is 9.83. The van der Waals surface area contributed by atoms with Gasteiger partial charge in [0.15, 0.2) is 5.96 Å². The van der Waals surface area contributed by atoms with E-state index in [0.29, 0.717) is 18.6 Å². The summed E-state index contributed by atoms with van der Waals surface area (Å²) in [5.74, 6) is 1.61. The molecule has 6 nitrogen and oxygen atoms in total. The molecular formula is C18H30N4O2. The summed E-state index contributed by atoms with van der Waals surface area (Å²) in [5, 5.41) is 6.77. The Hall–Kier alpha value is -1.82. The number of nitrogens with one attached hydrogen (secondary N) is 2. The van der Waals surface area contributed by atoms with E-state index in [1.54, 1.807) is 26.6 Å². The van der Waals surface area contributed by atoms with Crippen molar-refractivity contribution in [1.29, 1.82) is 0 Å². The Labute approximate surface area is 145 Å². The van der Waals surface area contributed by atoms with Crippen molar-refractivity contribution in [1.82, 2.24) is 15.6 Å². The fourth-order valence-electron chi connectivity index (χ4n) is 3.22. The van der Waals surface area contributed by atoms with Crippen molar-refractivity contribution >= 4 is 5.96 Å². The van der Waals surface area contributed by atoms with Gasteiger partial charge in [0.2, 0.25) is 0 Å². The topological polar surface area (TPSA) is 67.8 Å². The van der Waals surface area contributed by atoms with Crippen LogP contribution in [0, 0.1) is 5.41 Å². The van der Waals surface area contributed by atoms with Crippen molar-refractivity contribution in [2.45, 2.75) is 32.1 Å². The molecule has 2 rings (SSSR count). The molecule has 1 aromatic heterocycles. The van der Waals surface area contributed by atoms with Crippen LogP contribution in [-0.2, 0) is 4.74 Å². The quantitative estimate of drug-likeness (QED) is 0.412. The van der Waals surface area contributed by atoms with Crippen LogP contribution in [0.1, 0.15) is 32.1 Å². The summed E-state index contributed by atoms with van der Waals surface area (Å²) in [6.07, 6.45) is 9.73. The van der Waals surface area contributed by atoms with Crippen LogP contribution in [0.3, 0.4) is 0 Å². The van der Waals surface area contributed by atoms with E-state index in [9.17, 15) is 0 Å². The molecule has 6 heteroatoms. The third-order valence-corrected chi connectivity index (χ3v) is 4.65. The van der Waals surface area contributed by atoms with Gasteiger partial charge in [-0.2, -0.15) is 0 Å². The van der Waals surface area contributed by atoms with E-state index >= 15 is 0 Å². The second-order valence-electron chi connectivity index (χ2n) is 6.34. The second kappa shape index (κ2) is 10.1. The van der Waals surface area contributed by atoms with E-state index in [1.165, 1.54) is 25.7 Å². The lowest BCUT2D eigenvalue weighted by molar-refractivity contribution is 0.138. The molecule has 0 atom stereocenters. The molecule has 0 spiro atoms. The van der Waals surface area contributed by atoms with Gasteiger partial charge in [-0.05, 0) is 36.8 Å². The third-order valence-electron chi connectivity index (χ3n) is 4.65. The minimum atomic E-state index is 0.347. The predicted octanol–water partition coefficient (Wildman–Crippen LogP) is 2.22. The number of guanidine groups is 1. The molecule has 134 valence electrons. The predicted molar refractivity (Wildman–Crippen MR) is 96.5 cm³/mol. The molecule has 0 amide bonds. The minimum Gasteiger partial charge on any atom is -0.490 e. The zero-order chi connectivity index (χ0) is 17.1. The average Bonchev–Trinajstić information content (AvgIpc) is 3.09. The van der Waals surface area contributed by atoms with E-state index in [4.69, 9.17) is 9.47 Å². The molecule has 0 aliphatic heterocycles. The minimum absolute atomic E-state index is 0.347. The number of nitrogens with zero attached hydrogens (tertiary/aromatic N) is 2. The molecule has 0 saturated heterocycles. The summed E-state index contributed by atoms with van der Waals surface area (Å²) in [4.78, 5) is 8.33. The molecule has 1 saturated carbocycles. The Balaban J connectivity index is 1.69. The second-order valence-corrected chi connectivity index (χ2v) is 6.34. The summed E-state index contributed by atoms with van der Waals surface area (Å²) in [7, 11) is 3.58. The number of rotatable bonds is 9. The molecule has 0 radical (unpaired) electrons. The van der Waals surface area contributed by atoms with Crippen LogP contribution in [0.15, 0.2) is 29.5 Å². The van der Waals surface area contributed by atoms with Gasteiger partial charge in [-0.15, -0.1) is 0 Å². The maximum Gasteiger partial charge on any atom is 0.191 e. The Morgan fingerprint density at radius 1 is 1.29 bits per heavy atom. The molecule has 1 fully saturated rings. The van der Waals surface area contributed by atoms with Crippen LogP contribution in [0.5, 0.6) is 5.75 Å². The number of methoxy groups -OCH3 is 1. The van der Waals surface area contributed by atoms with Crippen molar-refractivity contribution < 1.29 is 9.47 Å². The highest BCUT2D eigenvalue weighted by molar-refractivity contribution is 5.79. The van der Waals surface area contributed by atoms with Crippen molar-refractivity contribution in [2.24, 2.45) is 10.4 Å². The van der Waals surface area contributed by atoms with Gasteiger partial charge in [0, 0.05) is 33.5 Å². The van der Waals surface area contributed by atoms with Gasteiger partial charge in [-0.3, -0.25) is 9.98 Å². The highest BCUT2D eigenvalue weighted by atomic mass is 16.5. The Morgan fingerprint density at radius 3 is 2.79 bits per heavy atom. The molecule has 24 heavy (non-hydrogen) atoms. The van der Waals surface area contributed by atoms with Crippen LogP contribution in [0.25, 0.3) is 0 Å². The summed E-state index contributed by atoms with van der Waals surface area (Å²) >= 11 is 0. The van der Waals surface area contributed by atoms with E-state index in [0.717, 1.165) is 31.3 Å². The molecule has 0 bridgehead atoms. The van der Waals surface area contributed by atoms with E-state index in [1.807, 2.05) is 12.1 Å². The zero-order valence-corrected chi connectivity index (χ0v) is 14.9. The number of pyridine rings is 1. The summed E-state index contributed by atoms with van der Waals surface area (Å²) < 4.78 is 10.9. The summed E-state index contributed by atoms with van der Waals surface area (Å²) in [6.45, 7) is 3.03. The number of aliphatic imine (C=N–C) groups is 1. The number of hydrogen-bond acceptors (Lipinski definition) is 4. The highest BCUT2D eigenvalue weighted by Crippen LogP contribution is 2.40. The molecule has 1 aromatic rings. The van der Waals surface area contributed by atoms with Gasteiger partial charge in [0.25, 0.3) is 0 Å². The van der Waals surface area contributed by atoms with Crippen molar-refractivity contribution in [3.63, 3.8) is 0 Å². The van der Waals surface area contributed by atoms with Crippen molar-refractivity contribution in [3.8, 4) is 5.75 Å². The first kappa shape index (κ1) is 18.5. The van der Waals surface area contributed by atoms with Crippen LogP contribution in [-0.4, -0.2) is 51.4 Å². The Morgan fingerprint density at radius 2 is 2.12 bits per heavy atom. The zero-order valence-electron chi connectivity index (χ0n) is 14.9. The standard InChI is InChI=1S/C18H30N4O2/c1-19-17(21-11-13-24-16-6-5-10-20-14-16)22-15-18(9-12-23-2)7-3-4-8-18/h5-6,10,14H,3-4,7-9,11-13,15H2,1-2H3,(H2,19,21,22).